The molecule has 0 aliphatic heterocycles. The second-order valence-corrected chi connectivity index (χ2v) is 2.73. The topological polar surface area (TPSA) is 80.3 Å². The van der Waals surface area contributed by atoms with Crippen molar-refractivity contribution < 1.29 is 19.2 Å². The molecule has 13 heavy (non-hydrogen) atoms. The minimum absolute atomic E-state index is 0.326. The van der Waals surface area contributed by atoms with Crippen molar-refractivity contribution in [2.24, 2.45) is 0 Å². The van der Waals surface area contributed by atoms with Crippen molar-refractivity contribution in [1.29, 1.82) is 0 Å². The average molecular weight is 185 g/mol. The van der Waals surface area contributed by atoms with Crippen molar-refractivity contribution in [1.82, 2.24) is 5.32 Å². The second kappa shape index (κ2) is 5.18. The highest BCUT2D eigenvalue weighted by Gasteiger charge is 2.10. The van der Waals surface area contributed by atoms with Crippen molar-refractivity contribution in [3.05, 3.63) is 0 Å². The Morgan fingerprint density at radius 3 is 1.38 bits per heavy atom. The van der Waals surface area contributed by atoms with E-state index in [1.165, 1.54) is 13.8 Å². The summed E-state index contributed by atoms with van der Waals surface area (Å²) in [6.07, 6.45) is -0.659. The van der Waals surface area contributed by atoms with Crippen LogP contribution in [-0.4, -0.2) is 23.4 Å². The third-order valence-electron chi connectivity index (χ3n) is 1.10. The first-order valence-electron chi connectivity index (χ1n) is 3.73. The van der Waals surface area contributed by atoms with Crippen molar-refractivity contribution in [3.63, 3.8) is 0 Å². The van der Waals surface area contributed by atoms with E-state index >= 15 is 0 Å². The normalized spacial score (nSPS) is 9.08. The van der Waals surface area contributed by atoms with E-state index in [9.17, 15) is 19.2 Å². The predicted molar refractivity (Wildman–Crippen MR) is 43.7 cm³/mol. The SMILES string of the molecule is CC(=O)CC(=O)NC(=O)CC(C)=O. The molecule has 0 spiro atoms. The Balaban J connectivity index is 3.85. The van der Waals surface area contributed by atoms with Crippen molar-refractivity contribution in [2.45, 2.75) is 26.7 Å². The number of hydrogen-bond donors (Lipinski definition) is 1. The lowest BCUT2D eigenvalue weighted by molar-refractivity contribution is -0.133. The molecule has 0 aromatic rings. The van der Waals surface area contributed by atoms with Crippen LogP contribution in [0.3, 0.4) is 0 Å². The smallest absolute Gasteiger partial charge is 0.233 e. The molecule has 0 aliphatic carbocycles. The van der Waals surface area contributed by atoms with Gasteiger partial charge in [0.15, 0.2) is 0 Å². The predicted octanol–water partition coefficient (Wildman–Crippen LogP) is -0.413. The first-order chi connectivity index (χ1) is 5.91. The molecule has 5 nitrogen and oxygen atoms in total. The summed E-state index contributed by atoms with van der Waals surface area (Å²) in [4.78, 5) is 42.4. The molecule has 5 heteroatoms. The van der Waals surface area contributed by atoms with Gasteiger partial charge in [0.2, 0.25) is 11.8 Å². The third kappa shape index (κ3) is 6.86. The Morgan fingerprint density at radius 2 is 1.15 bits per heavy atom. The molecule has 72 valence electrons. The minimum atomic E-state index is -0.668. The van der Waals surface area contributed by atoms with E-state index in [0.717, 1.165) is 0 Å². The molecule has 0 unspecified atom stereocenters. The van der Waals surface area contributed by atoms with Gasteiger partial charge in [-0.15, -0.1) is 0 Å². The molecular weight excluding hydrogens is 174 g/mol. The van der Waals surface area contributed by atoms with Gasteiger partial charge in [0.05, 0.1) is 12.8 Å². The largest absolute Gasteiger partial charge is 0.299 e. The Bertz CT molecular complexity index is 231. The van der Waals surface area contributed by atoms with E-state index in [2.05, 4.69) is 0 Å². The first kappa shape index (κ1) is 11.5. The number of ketones is 2. The van der Waals surface area contributed by atoms with Crippen LogP contribution in [0, 0.1) is 0 Å². The summed E-state index contributed by atoms with van der Waals surface area (Å²) in [7, 11) is 0. The molecule has 2 amide bonds. The van der Waals surface area contributed by atoms with Crippen LogP contribution in [0.2, 0.25) is 0 Å². The number of amides is 2. The highest BCUT2D eigenvalue weighted by Crippen LogP contribution is 1.85. The van der Waals surface area contributed by atoms with Gasteiger partial charge in [-0.3, -0.25) is 24.5 Å². The highest BCUT2D eigenvalue weighted by atomic mass is 16.2. The van der Waals surface area contributed by atoms with Gasteiger partial charge in [0, 0.05) is 0 Å². The van der Waals surface area contributed by atoms with Crippen molar-refractivity contribution in [2.75, 3.05) is 0 Å². The maximum absolute atomic E-state index is 10.8. The molecule has 0 aromatic heterocycles. The molecule has 0 atom stereocenters. The number of nitrogens with one attached hydrogen (secondary N) is 1. The monoisotopic (exact) mass is 185 g/mol. The number of carbonyl (C=O) groups is 4. The van der Waals surface area contributed by atoms with Crippen LogP contribution in [0.5, 0.6) is 0 Å². The van der Waals surface area contributed by atoms with E-state index in [4.69, 9.17) is 0 Å². The molecule has 0 saturated carbocycles. The average Bonchev–Trinajstić information content (AvgIpc) is 1.80. The molecule has 0 radical (unpaired) electrons. The van der Waals surface area contributed by atoms with Crippen molar-refractivity contribution >= 4 is 23.4 Å². The quantitative estimate of drug-likeness (QED) is 0.603. The third-order valence-corrected chi connectivity index (χ3v) is 1.10. The number of hydrogen-bond acceptors (Lipinski definition) is 4. The van der Waals surface area contributed by atoms with Crippen LogP contribution >= 0.6 is 0 Å². The van der Waals surface area contributed by atoms with E-state index < -0.39 is 11.8 Å². The Hall–Kier alpha value is -1.52. The summed E-state index contributed by atoms with van der Waals surface area (Å²) in [6, 6.07) is 0. The van der Waals surface area contributed by atoms with Crippen molar-refractivity contribution in [3.8, 4) is 0 Å². The fourth-order valence-corrected chi connectivity index (χ4v) is 0.696. The fourth-order valence-electron chi connectivity index (χ4n) is 0.696. The molecule has 0 aromatic carbocycles. The van der Waals surface area contributed by atoms with Crippen LogP contribution in [0.25, 0.3) is 0 Å². The molecule has 0 saturated heterocycles. The first-order valence-corrected chi connectivity index (χ1v) is 3.73. The summed E-state index contributed by atoms with van der Waals surface area (Å²) < 4.78 is 0. The number of imide groups is 1. The van der Waals surface area contributed by atoms with Gasteiger partial charge >= 0.3 is 0 Å². The van der Waals surface area contributed by atoms with E-state index in [0.29, 0.717) is 0 Å². The second-order valence-electron chi connectivity index (χ2n) is 2.73. The van der Waals surface area contributed by atoms with Gasteiger partial charge < -0.3 is 0 Å². The van der Waals surface area contributed by atoms with Gasteiger partial charge in [-0.05, 0) is 13.8 Å². The maximum atomic E-state index is 10.8. The minimum Gasteiger partial charge on any atom is -0.299 e. The van der Waals surface area contributed by atoms with Crippen LogP contribution in [0.15, 0.2) is 0 Å². The van der Waals surface area contributed by atoms with Gasteiger partial charge in [-0.25, -0.2) is 0 Å². The lowest BCUT2D eigenvalue weighted by atomic mass is 10.2. The summed E-state index contributed by atoms with van der Waals surface area (Å²) in [5.74, 6) is -1.99. The summed E-state index contributed by atoms with van der Waals surface area (Å²) in [5, 5.41) is 1.92. The summed E-state index contributed by atoms with van der Waals surface area (Å²) in [6.45, 7) is 2.49. The molecule has 0 bridgehead atoms. The fraction of sp³-hybridized carbons (Fsp3) is 0.500. The van der Waals surface area contributed by atoms with Crippen LogP contribution in [-0.2, 0) is 19.2 Å². The van der Waals surface area contributed by atoms with Gasteiger partial charge in [-0.1, -0.05) is 0 Å². The summed E-state index contributed by atoms with van der Waals surface area (Å²) >= 11 is 0. The molecule has 0 aliphatic rings. The molecule has 0 fully saturated rings. The molecule has 0 rings (SSSR count). The highest BCUT2D eigenvalue weighted by molar-refractivity contribution is 6.08. The zero-order chi connectivity index (χ0) is 10.4. The van der Waals surface area contributed by atoms with Gasteiger partial charge in [0.1, 0.15) is 11.6 Å². The number of carbonyl (C=O) groups excluding carboxylic acids is 4. The Kier molecular flexibility index (Phi) is 4.58. The standard InChI is InChI=1S/C8H11NO4/c1-5(10)3-7(12)9-8(13)4-6(2)11/h3-4H2,1-2H3,(H,9,12,13). The van der Waals surface area contributed by atoms with E-state index in [1.54, 1.807) is 0 Å². The lowest BCUT2D eigenvalue weighted by Crippen LogP contribution is -2.32. The number of Topliss-reactive ketones (excluding diaryl/α,β-unsaturated/α-hetero) is 2. The Morgan fingerprint density at radius 1 is 0.846 bits per heavy atom. The van der Waals surface area contributed by atoms with E-state index in [-0.39, 0.29) is 24.4 Å². The maximum Gasteiger partial charge on any atom is 0.233 e. The van der Waals surface area contributed by atoms with Gasteiger partial charge in [-0.2, -0.15) is 0 Å². The summed E-state index contributed by atoms with van der Waals surface area (Å²) in [5.41, 5.74) is 0. The van der Waals surface area contributed by atoms with Crippen LogP contribution in [0.4, 0.5) is 0 Å². The molecule has 0 heterocycles. The zero-order valence-corrected chi connectivity index (χ0v) is 7.55. The number of rotatable bonds is 4. The Labute approximate surface area is 75.5 Å². The lowest BCUT2D eigenvalue weighted by Gasteiger charge is -1.99. The van der Waals surface area contributed by atoms with Gasteiger partial charge in [0.25, 0.3) is 0 Å². The van der Waals surface area contributed by atoms with Crippen LogP contribution in [0.1, 0.15) is 26.7 Å². The zero-order valence-electron chi connectivity index (χ0n) is 7.55. The molecule has 1 N–H and O–H groups in total. The molecular formula is C8H11NO4. The van der Waals surface area contributed by atoms with E-state index in [1.807, 2.05) is 5.32 Å². The van der Waals surface area contributed by atoms with Crippen LogP contribution < -0.4 is 5.32 Å².